The summed E-state index contributed by atoms with van der Waals surface area (Å²) < 4.78 is 1.96. The molecule has 0 radical (unpaired) electrons. The van der Waals surface area contributed by atoms with Crippen LogP contribution in [0.4, 0.5) is 5.82 Å². The Morgan fingerprint density at radius 3 is 2.74 bits per heavy atom. The SMILES string of the molecule is Cc1cc2nc(C)n(CC(=O)N(C)CC3(O)CCCN(c4cnccn4)C3)c2cc1C. The Morgan fingerprint density at radius 2 is 2.00 bits per heavy atom. The minimum Gasteiger partial charge on any atom is -0.386 e. The van der Waals surface area contributed by atoms with Crippen LogP contribution in [0.25, 0.3) is 11.0 Å². The Bertz CT molecular complexity index is 1100. The molecule has 1 saturated heterocycles. The van der Waals surface area contributed by atoms with Gasteiger partial charge in [-0.3, -0.25) is 9.78 Å². The summed E-state index contributed by atoms with van der Waals surface area (Å²) in [6, 6.07) is 4.15. The molecule has 3 heterocycles. The standard InChI is InChI=1S/C23H30N6O2/c1-16-10-19-20(11-17(16)2)29(18(3)26-19)13-22(30)27(4)14-23(31)6-5-9-28(15-23)21-12-24-7-8-25-21/h7-8,10-12,31H,5-6,9,13-15H2,1-4H3. The highest BCUT2D eigenvalue weighted by Crippen LogP contribution is 2.26. The number of likely N-dealkylation sites (N-methyl/N-ethyl adjacent to an activating group) is 1. The van der Waals surface area contributed by atoms with Gasteiger partial charge in [0.1, 0.15) is 18.2 Å². The van der Waals surface area contributed by atoms with Crippen LogP contribution in [0.5, 0.6) is 0 Å². The first-order chi connectivity index (χ1) is 14.8. The van der Waals surface area contributed by atoms with Crippen molar-refractivity contribution >= 4 is 22.8 Å². The predicted octanol–water partition coefficient (Wildman–Crippen LogP) is 2.24. The zero-order chi connectivity index (χ0) is 22.2. The van der Waals surface area contributed by atoms with Gasteiger partial charge in [0, 0.05) is 32.5 Å². The number of piperidine rings is 1. The van der Waals surface area contributed by atoms with E-state index >= 15 is 0 Å². The number of fused-ring (bicyclic) bond motifs is 1. The summed E-state index contributed by atoms with van der Waals surface area (Å²) in [5.74, 6) is 1.51. The highest BCUT2D eigenvalue weighted by molar-refractivity contribution is 5.82. The van der Waals surface area contributed by atoms with Gasteiger partial charge in [-0.15, -0.1) is 0 Å². The zero-order valence-electron chi connectivity index (χ0n) is 18.7. The molecule has 1 aliphatic rings. The highest BCUT2D eigenvalue weighted by atomic mass is 16.3. The largest absolute Gasteiger partial charge is 0.386 e. The quantitative estimate of drug-likeness (QED) is 0.679. The molecule has 4 rings (SSSR count). The number of benzene rings is 1. The van der Waals surface area contributed by atoms with E-state index in [1.54, 1.807) is 30.5 Å². The summed E-state index contributed by atoms with van der Waals surface area (Å²) in [6.07, 6.45) is 6.47. The molecule has 1 unspecified atom stereocenters. The summed E-state index contributed by atoms with van der Waals surface area (Å²) in [4.78, 5) is 29.8. The number of carbonyl (C=O) groups is 1. The maximum atomic E-state index is 13.1. The lowest BCUT2D eigenvalue weighted by Gasteiger charge is -2.41. The molecule has 0 spiro atoms. The van der Waals surface area contributed by atoms with Gasteiger partial charge >= 0.3 is 0 Å². The van der Waals surface area contributed by atoms with Crippen LogP contribution >= 0.6 is 0 Å². The average Bonchev–Trinajstić information content (AvgIpc) is 3.03. The van der Waals surface area contributed by atoms with E-state index in [4.69, 9.17) is 0 Å². The third-order valence-electron chi connectivity index (χ3n) is 6.23. The maximum Gasteiger partial charge on any atom is 0.242 e. The maximum absolute atomic E-state index is 13.1. The smallest absolute Gasteiger partial charge is 0.242 e. The van der Waals surface area contributed by atoms with Crippen LogP contribution in [-0.2, 0) is 11.3 Å². The van der Waals surface area contributed by atoms with Gasteiger partial charge in [0.05, 0.1) is 29.4 Å². The Hall–Kier alpha value is -3.00. The molecule has 1 fully saturated rings. The Balaban J connectivity index is 1.47. The zero-order valence-corrected chi connectivity index (χ0v) is 18.7. The summed E-state index contributed by atoms with van der Waals surface area (Å²) in [5, 5.41) is 11.2. The third-order valence-corrected chi connectivity index (χ3v) is 6.23. The van der Waals surface area contributed by atoms with Gasteiger partial charge in [0.15, 0.2) is 0 Å². The van der Waals surface area contributed by atoms with Crippen LogP contribution in [-0.4, -0.2) is 67.7 Å². The van der Waals surface area contributed by atoms with Gasteiger partial charge in [-0.25, -0.2) is 9.97 Å². The fourth-order valence-corrected chi connectivity index (χ4v) is 4.38. The number of amides is 1. The number of hydrogen-bond acceptors (Lipinski definition) is 6. The van der Waals surface area contributed by atoms with Gasteiger partial charge in [0.2, 0.25) is 5.91 Å². The minimum atomic E-state index is -0.986. The van der Waals surface area contributed by atoms with Gasteiger partial charge in [0.25, 0.3) is 0 Å². The van der Waals surface area contributed by atoms with Crippen LogP contribution < -0.4 is 4.90 Å². The molecule has 31 heavy (non-hydrogen) atoms. The fraction of sp³-hybridized carbons (Fsp3) is 0.478. The highest BCUT2D eigenvalue weighted by Gasteiger charge is 2.36. The van der Waals surface area contributed by atoms with Crippen LogP contribution in [0.2, 0.25) is 0 Å². The van der Waals surface area contributed by atoms with Crippen LogP contribution in [0.15, 0.2) is 30.7 Å². The number of aryl methyl sites for hydroxylation is 3. The average molecular weight is 423 g/mol. The fourth-order valence-electron chi connectivity index (χ4n) is 4.38. The molecule has 0 bridgehead atoms. The number of nitrogens with zero attached hydrogens (tertiary/aromatic N) is 6. The van der Waals surface area contributed by atoms with Crippen LogP contribution in [0.3, 0.4) is 0 Å². The lowest BCUT2D eigenvalue weighted by Crippen LogP contribution is -2.55. The van der Waals surface area contributed by atoms with E-state index in [0.717, 1.165) is 35.6 Å². The number of imidazole rings is 1. The Kier molecular flexibility index (Phi) is 5.66. The summed E-state index contributed by atoms with van der Waals surface area (Å²) in [6.45, 7) is 7.77. The van der Waals surface area contributed by atoms with Crippen molar-refractivity contribution in [2.24, 2.45) is 0 Å². The number of β-amino-alcohol motifs (C(OH)–C–C–N with tert-alkyl or cyclic N) is 1. The van der Waals surface area contributed by atoms with Crippen molar-refractivity contribution in [2.45, 2.75) is 45.8 Å². The van der Waals surface area contributed by atoms with E-state index < -0.39 is 5.60 Å². The van der Waals surface area contributed by atoms with E-state index in [-0.39, 0.29) is 19.0 Å². The molecule has 3 aromatic rings. The third kappa shape index (κ3) is 4.39. The van der Waals surface area contributed by atoms with Crippen molar-refractivity contribution in [3.63, 3.8) is 0 Å². The van der Waals surface area contributed by atoms with Gasteiger partial charge in [-0.1, -0.05) is 0 Å². The number of carbonyl (C=O) groups excluding carboxylic acids is 1. The molecule has 1 N–H and O–H groups in total. The van der Waals surface area contributed by atoms with Crippen molar-refractivity contribution in [3.8, 4) is 0 Å². The Morgan fingerprint density at radius 1 is 1.23 bits per heavy atom. The van der Waals surface area contributed by atoms with Gasteiger partial charge < -0.3 is 19.5 Å². The van der Waals surface area contributed by atoms with E-state index in [9.17, 15) is 9.90 Å². The van der Waals surface area contributed by atoms with Crippen molar-refractivity contribution in [1.82, 2.24) is 24.4 Å². The summed E-state index contributed by atoms with van der Waals surface area (Å²) in [5.41, 5.74) is 3.25. The summed E-state index contributed by atoms with van der Waals surface area (Å²) >= 11 is 0. The number of aliphatic hydroxyl groups is 1. The topological polar surface area (TPSA) is 87.4 Å². The normalized spacial score (nSPS) is 19.1. The lowest BCUT2D eigenvalue weighted by molar-refractivity contribution is -0.134. The first-order valence-electron chi connectivity index (χ1n) is 10.7. The van der Waals surface area contributed by atoms with Crippen molar-refractivity contribution in [3.05, 3.63) is 47.7 Å². The van der Waals surface area contributed by atoms with Crippen molar-refractivity contribution in [1.29, 1.82) is 0 Å². The Labute approximate surface area is 182 Å². The second-order valence-electron chi connectivity index (χ2n) is 8.73. The van der Waals surface area contributed by atoms with Crippen molar-refractivity contribution in [2.75, 3.05) is 31.6 Å². The monoisotopic (exact) mass is 422 g/mol. The molecule has 1 aliphatic heterocycles. The van der Waals surface area contributed by atoms with E-state index in [1.807, 2.05) is 16.4 Å². The molecular weight excluding hydrogens is 392 g/mol. The molecule has 8 nitrogen and oxygen atoms in total. The van der Waals surface area contributed by atoms with Gasteiger partial charge in [-0.05, 0) is 56.9 Å². The first kappa shape index (κ1) is 21.2. The molecule has 8 heteroatoms. The second kappa shape index (κ2) is 8.26. The number of rotatable bonds is 5. The molecule has 1 aromatic carbocycles. The van der Waals surface area contributed by atoms with E-state index in [2.05, 4.69) is 40.9 Å². The molecule has 1 atom stereocenters. The molecular formula is C23H30N6O2. The molecule has 164 valence electrons. The summed E-state index contributed by atoms with van der Waals surface area (Å²) in [7, 11) is 1.76. The number of aromatic nitrogens is 4. The second-order valence-corrected chi connectivity index (χ2v) is 8.73. The van der Waals surface area contributed by atoms with Gasteiger partial charge in [-0.2, -0.15) is 0 Å². The van der Waals surface area contributed by atoms with Crippen molar-refractivity contribution < 1.29 is 9.90 Å². The minimum absolute atomic E-state index is 0.0503. The van der Waals surface area contributed by atoms with E-state index in [0.29, 0.717) is 13.0 Å². The number of hydrogen-bond donors (Lipinski definition) is 1. The first-order valence-corrected chi connectivity index (χ1v) is 10.7. The molecule has 0 saturated carbocycles. The lowest BCUT2D eigenvalue weighted by atomic mass is 9.92. The molecule has 2 aromatic heterocycles. The molecule has 0 aliphatic carbocycles. The van der Waals surface area contributed by atoms with Crippen LogP contribution in [0.1, 0.15) is 29.8 Å². The molecule has 1 amide bonds. The number of anilines is 1. The van der Waals surface area contributed by atoms with E-state index in [1.165, 1.54) is 11.1 Å². The predicted molar refractivity (Wildman–Crippen MR) is 120 cm³/mol. The van der Waals surface area contributed by atoms with Crippen LogP contribution in [0, 0.1) is 20.8 Å².